The fourth-order valence-electron chi connectivity index (χ4n) is 2.61. The molecule has 2 heteroatoms. The van der Waals surface area contributed by atoms with Crippen LogP contribution in [0.15, 0.2) is 58.3 Å². The number of hydrogen-bond acceptors (Lipinski definition) is 2. The Morgan fingerprint density at radius 3 is 1.47 bits per heavy atom. The lowest BCUT2D eigenvalue weighted by Crippen LogP contribution is -2.23. The van der Waals surface area contributed by atoms with Gasteiger partial charge in [0.15, 0.2) is 0 Å². The average molecular weight is 288 g/mol. The van der Waals surface area contributed by atoms with Crippen molar-refractivity contribution in [2.45, 2.75) is 41.9 Å². The van der Waals surface area contributed by atoms with Crippen LogP contribution < -0.4 is 0 Å². The maximum Gasteiger partial charge on any atom is 0.0174 e. The lowest BCUT2D eigenvalue weighted by atomic mass is 9.73. The Morgan fingerprint density at radius 2 is 1.16 bits per heavy atom. The molecule has 0 saturated carbocycles. The van der Waals surface area contributed by atoms with Crippen LogP contribution in [0.5, 0.6) is 0 Å². The quantitative estimate of drug-likeness (QED) is 0.694. The molecule has 0 amide bonds. The molecule has 0 fully saturated rings. The first-order valence-electron chi connectivity index (χ1n) is 6.65. The molecule has 2 rings (SSSR count). The van der Waals surface area contributed by atoms with E-state index >= 15 is 0 Å². The topological polar surface area (TPSA) is 0 Å². The lowest BCUT2D eigenvalue weighted by Gasteiger charge is -2.31. The number of benzene rings is 2. The molecule has 0 saturated heterocycles. The smallest absolute Gasteiger partial charge is 0.0174 e. The van der Waals surface area contributed by atoms with Crippen molar-refractivity contribution in [3.63, 3.8) is 0 Å². The fraction of sp³-hybridized carbons (Fsp3) is 0.294. The van der Waals surface area contributed by atoms with Crippen molar-refractivity contribution in [2.24, 2.45) is 0 Å². The molecule has 2 aromatic carbocycles. The van der Waals surface area contributed by atoms with E-state index in [0.29, 0.717) is 0 Å². The van der Waals surface area contributed by atoms with E-state index in [-0.39, 0.29) is 5.41 Å². The maximum absolute atomic E-state index is 4.37. The summed E-state index contributed by atoms with van der Waals surface area (Å²) < 4.78 is 0. The Hall–Kier alpha value is -0.860. The third kappa shape index (κ3) is 3.18. The molecule has 0 aliphatic rings. The Bertz CT molecular complexity index is 481. The molecule has 0 spiro atoms. The van der Waals surface area contributed by atoms with E-state index in [0.717, 1.165) is 22.6 Å². The first kappa shape index (κ1) is 14.5. The summed E-state index contributed by atoms with van der Waals surface area (Å²) in [4.78, 5) is 2.02. The van der Waals surface area contributed by atoms with Crippen LogP contribution in [0, 0.1) is 0 Å². The molecule has 0 nitrogen and oxygen atoms in total. The van der Waals surface area contributed by atoms with Gasteiger partial charge in [0.2, 0.25) is 0 Å². The summed E-state index contributed by atoms with van der Waals surface area (Å²) in [6.07, 6.45) is 2.28. The lowest BCUT2D eigenvalue weighted by molar-refractivity contribution is 0.511. The summed E-state index contributed by atoms with van der Waals surface area (Å²) in [6, 6.07) is 17.0. The van der Waals surface area contributed by atoms with Crippen molar-refractivity contribution < 1.29 is 0 Å². The molecule has 0 aliphatic carbocycles. The normalized spacial score (nSPS) is 11.6. The van der Waals surface area contributed by atoms with Gasteiger partial charge in [-0.3, -0.25) is 0 Å². The molecule has 2 aromatic rings. The zero-order valence-electron chi connectivity index (χ0n) is 11.4. The van der Waals surface area contributed by atoms with E-state index in [1.54, 1.807) is 0 Å². The summed E-state index contributed by atoms with van der Waals surface area (Å²) >= 11 is 8.74. The predicted octanol–water partition coefficient (Wildman–Crippen LogP) is 5.37. The van der Waals surface area contributed by atoms with Crippen LogP contribution in [-0.4, -0.2) is 0 Å². The van der Waals surface area contributed by atoms with Crippen molar-refractivity contribution >= 4 is 25.3 Å². The fourth-order valence-corrected chi connectivity index (χ4v) is 2.91. The van der Waals surface area contributed by atoms with Gasteiger partial charge >= 0.3 is 0 Å². The highest BCUT2D eigenvalue weighted by Crippen LogP contribution is 2.37. The van der Waals surface area contributed by atoms with Crippen LogP contribution in [0.1, 0.15) is 37.8 Å². The summed E-state index contributed by atoms with van der Waals surface area (Å²) in [5.41, 5.74) is 2.75. The van der Waals surface area contributed by atoms with E-state index in [2.05, 4.69) is 87.6 Å². The standard InChI is InChI=1S/C17H20S2/c1-3-12-17(2,13-4-8-15(18)9-5-13)14-6-10-16(19)11-7-14/h4-11,18-19H,3,12H2,1-2H3. The third-order valence-electron chi connectivity index (χ3n) is 3.76. The molecule has 0 N–H and O–H groups in total. The number of rotatable bonds is 4. The van der Waals surface area contributed by atoms with Crippen LogP contribution in [-0.2, 0) is 5.41 Å². The Balaban J connectivity index is 2.47. The monoisotopic (exact) mass is 288 g/mol. The van der Waals surface area contributed by atoms with Crippen molar-refractivity contribution in [1.29, 1.82) is 0 Å². The summed E-state index contributed by atoms with van der Waals surface area (Å²) in [5.74, 6) is 0. The van der Waals surface area contributed by atoms with Crippen LogP contribution in [0.25, 0.3) is 0 Å². The van der Waals surface area contributed by atoms with E-state index in [1.807, 2.05) is 0 Å². The van der Waals surface area contributed by atoms with Gasteiger partial charge in [0.05, 0.1) is 0 Å². The van der Waals surface area contributed by atoms with Gasteiger partial charge in [-0.25, -0.2) is 0 Å². The van der Waals surface area contributed by atoms with Gasteiger partial charge in [-0.1, -0.05) is 44.5 Å². The second-order valence-corrected chi connectivity index (χ2v) is 6.21. The minimum absolute atomic E-state index is 0.0533. The van der Waals surface area contributed by atoms with E-state index in [1.165, 1.54) is 11.1 Å². The van der Waals surface area contributed by atoms with Crippen LogP contribution >= 0.6 is 25.3 Å². The average Bonchev–Trinajstić information content (AvgIpc) is 2.40. The third-order valence-corrected chi connectivity index (χ3v) is 4.36. The largest absolute Gasteiger partial charge is 0.143 e. The van der Waals surface area contributed by atoms with Gasteiger partial charge in [-0.2, -0.15) is 0 Å². The molecule has 100 valence electrons. The van der Waals surface area contributed by atoms with Gasteiger partial charge in [-0.15, -0.1) is 25.3 Å². The van der Waals surface area contributed by atoms with Crippen LogP contribution in [0.4, 0.5) is 0 Å². The molecular formula is C17H20S2. The Kier molecular flexibility index (Phi) is 4.64. The predicted molar refractivity (Wildman–Crippen MR) is 88.8 cm³/mol. The number of thiol groups is 2. The highest BCUT2D eigenvalue weighted by Gasteiger charge is 2.27. The molecule has 0 aliphatic heterocycles. The Morgan fingerprint density at radius 1 is 0.789 bits per heavy atom. The van der Waals surface area contributed by atoms with Gasteiger partial charge in [-0.05, 0) is 41.8 Å². The minimum atomic E-state index is 0.0533. The molecule has 0 heterocycles. The van der Waals surface area contributed by atoms with Crippen molar-refractivity contribution in [2.75, 3.05) is 0 Å². The van der Waals surface area contributed by atoms with Gasteiger partial charge in [0.1, 0.15) is 0 Å². The molecule has 0 bridgehead atoms. The summed E-state index contributed by atoms with van der Waals surface area (Å²) in [5, 5.41) is 0. The van der Waals surface area contributed by atoms with E-state index < -0.39 is 0 Å². The SMILES string of the molecule is CCCC(C)(c1ccc(S)cc1)c1ccc(S)cc1. The molecule has 0 aromatic heterocycles. The minimum Gasteiger partial charge on any atom is -0.143 e. The van der Waals surface area contributed by atoms with Gasteiger partial charge in [0, 0.05) is 15.2 Å². The van der Waals surface area contributed by atoms with Crippen molar-refractivity contribution in [3.8, 4) is 0 Å². The Labute approximate surface area is 127 Å². The van der Waals surface area contributed by atoms with Crippen molar-refractivity contribution in [1.82, 2.24) is 0 Å². The summed E-state index contributed by atoms with van der Waals surface area (Å²) in [6.45, 7) is 4.55. The molecule has 0 radical (unpaired) electrons. The van der Waals surface area contributed by atoms with Crippen LogP contribution in [0.3, 0.4) is 0 Å². The second-order valence-electron chi connectivity index (χ2n) is 5.18. The highest BCUT2D eigenvalue weighted by atomic mass is 32.1. The first-order valence-corrected chi connectivity index (χ1v) is 7.55. The highest BCUT2D eigenvalue weighted by molar-refractivity contribution is 7.80. The van der Waals surface area contributed by atoms with E-state index in [9.17, 15) is 0 Å². The summed E-state index contributed by atoms with van der Waals surface area (Å²) in [7, 11) is 0. The number of hydrogen-bond donors (Lipinski definition) is 2. The van der Waals surface area contributed by atoms with Crippen LogP contribution in [0.2, 0.25) is 0 Å². The second kappa shape index (κ2) is 6.06. The first-order chi connectivity index (χ1) is 9.06. The molecule has 19 heavy (non-hydrogen) atoms. The van der Waals surface area contributed by atoms with E-state index in [4.69, 9.17) is 0 Å². The molecular weight excluding hydrogens is 268 g/mol. The maximum atomic E-state index is 4.37. The van der Waals surface area contributed by atoms with Gasteiger partial charge < -0.3 is 0 Å². The molecule has 0 unspecified atom stereocenters. The zero-order chi connectivity index (χ0) is 13.9. The van der Waals surface area contributed by atoms with Gasteiger partial charge in [0.25, 0.3) is 0 Å². The van der Waals surface area contributed by atoms with Crippen molar-refractivity contribution in [3.05, 3.63) is 59.7 Å². The zero-order valence-corrected chi connectivity index (χ0v) is 13.2. The molecule has 0 atom stereocenters.